The normalized spacial score (nSPS) is 13.6. The second kappa shape index (κ2) is 9.17. The molecule has 0 aromatic heterocycles. The number of rotatable bonds is 6. The highest BCUT2D eigenvalue weighted by Gasteiger charge is 2.10. The van der Waals surface area contributed by atoms with E-state index in [1.54, 1.807) is 24.3 Å². The standard InChI is InChI=1S/C23H26N2O2/c1-17-7-13-21(14-8-17)25-23(27)20-11-9-19(10-12-20)22(26)24-16-15-18-5-3-2-4-6-18/h5,7-14H,2-4,6,15-16H2,1H3,(H,24,26)(H,25,27). The van der Waals surface area contributed by atoms with E-state index < -0.39 is 0 Å². The molecule has 0 heterocycles. The third kappa shape index (κ3) is 5.55. The van der Waals surface area contributed by atoms with Crippen LogP contribution in [0.15, 0.2) is 60.2 Å². The molecule has 0 bridgehead atoms. The van der Waals surface area contributed by atoms with Gasteiger partial charge < -0.3 is 10.6 Å². The van der Waals surface area contributed by atoms with Gasteiger partial charge in [-0.1, -0.05) is 29.3 Å². The predicted molar refractivity (Wildman–Crippen MR) is 109 cm³/mol. The first-order valence-corrected chi connectivity index (χ1v) is 9.56. The topological polar surface area (TPSA) is 58.2 Å². The summed E-state index contributed by atoms with van der Waals surface area (Å²) in [7, 11) is 0. The SMILES string of the molecule is Cc1ccc(NC(=O)c2ccc(C(=O)NCCC3=CCCCC3)cc2)cc1. The van der Waals surface area contributed by atoms with Crippen LogP contribution in [0.2, 0.25) is 0 Å². The monoisotopic (exact) mass is 362 g/mol. The Bertz CT molecular complexity index is 820. The average molecular weight is 362 g/mol. The van der Waals surface area contributed by atoms with Gasteiger partial charge in [-0.05, 0) is 75.4 Å². The Morgan fingerprint density at radius 2 is 1.56 bits per heavy atom. The number of hydrogen-bond acceptors (Lipinski definition) is 2. The molecule has 0 aliphatic heterocycles. The van der Waals surface area contributed by atoms with Crippen LogP contribution >= 0.6 is 0 Å². The number of aryl methyl sites for hydroxylation is 1. The molecular formula is C23H26N2O2. The third-order valence-corrected chi connectivity index (χ3v) is 4.84. The van der Waals surface area contributed by atoms with E-state index in [-0.39, 0.29) is 11.8 Å². The van der Waals surface area contributed by atoms with Crippen LogP contribution in [0.3, 0.4) is 0 Å². The number of nitrogens with one attached hydrogen (secondary N) is 2. The molecule has 0 atom stereocenters. The molecule has 2 N–H and O–H groups in total. The van der Waals surface area contributed by atoms with Crippen molar-refractivity contribution in [2.45, 2.75) is 39.0 Å². The van der Waals surface area contributed by atoms with Crippen molar-refractivity contribution in [3.63, 3.8) is 0 Å². The predicted octanol–water partition coefficient (Wildman–Crippen LogP) is 4.87. The van der Waals surface area contributed by atoms with Gasteiger partial charge in [0.05, 0.1) is 0 Å². The van der Waals surface area contributed by atoms with Crippen LogP contribution in [0.5, 0.6) is 0 Å². The van der Waals surface area contributed by atoms with Gasteiger partial charge in [0.15, 0.2) is 0 Å². The molecule has 0 spiro atoms. The van der Waals surface area contributed by atoms with Crippen LogP contribution in [0.4, 0.5) is 5.69 Å². The summed E-state index contributed by atoms with van der Waals surface area (Å²) in [5.41, 5.74) is 4.44. The Kier molecular flexibility index (Phi) is 6.42. The second-order valence-electron chi connectivity index (χ2n) is 7.01. The van der Waals surface area contributed by atoms with Gasteiger partial charge in [0.25, 0.3) is 11.8 Å². The molecule has 1 aliphatic carbocycles. The molecule has 0 radical (unpaired) electrons. The van der Waals surface area contributed by atoms with E-state index in [1.807, 2.05) is 31.2 Å². The summed E-state index contributed by atoms with van der Waals surface area (Å²) >= 11 is 0. The van der Waals surface area contributed by atoms with Gasteiger partial charge in [-0.25, -0.2) is 0 Å². The van der Waals surface area contributed by atoms with Crippen LogP contribution in [0, 0.1) is 6.92 Å². The van der Waals surface area contributed by atoms with E-state index >= 15 is 0 Å². The Hall–Kier alpha value is -2.88. The third-order valence-electron chi connectivity index (χ3n) is 4.84. The molecule has 4 heteroatoms. The van der Waals surface area contributed by atoms with Gasteiger partial charge in [-0.3, -0.25) is 9.59 Å². The molecule has 27 heavy (non-hydrogen) atoms. The van der Waals surface area contributed by atoms with Crippen molar-refractivity contribution < 1.29 is 9.59 Å². The van der Waals surface area contributed by atoms with Crippen molar-refractivity contribution in [2.75, 3.05) is 11.9 Å². The first kappa shape index (κ1) is 18.9. The smallest absolute Gasteiger partial charge is 0.255 e. The second-order valence-corrected chi connectivity index (χ2v) is 7.01. The lowest BCUT2D eigenvalue weighted by molar-refractivity contribution is 0.0952. The summed E-state index contributed by atoms with van der Waals surface area (Å²) < 4.78 is 0. The van der Waals surface area contributed by atoms with Gasteiger partial charge in [-0.15, -0.1) is 0 Å². The number of allylic oxidation sites excluding steroid dienone is 1. The van der Waals surface area contributed by atoms with E-state index in [0.29, 0.717) is 17.7 Å². The highest BCUT2D eigenvalue weighted by molar-refractivity contribution is 6.05. The fraction of sp³-hybridized carbons (Fsp3) is 0.304. The lowest BCUT2D eigenvalue weighted by atomic mass is 9.97. The zero-order valence-corrected chi connectivity index (χ0v) is 15.8. The number of benzene rings is 2. The molecule has 0 unspecified atom stereocenters. The Labute approximate surface area is 160 Å². The summed E-state index contributed by atoms with van der Waals surface area (Å²) in [6, 6.07) is 14.4. The molecule has 4 nitrogen and oxygen atoms in total. The summed E-state index contributed by atoms with van der Waals surface area (Å²) in [6.45, 7) is 2.65. The molecule has 0 fully saturated rings. The minimum Gasteiger partial charge on any atom is -0.352 e. The molecule has 0 saturated carbocycles. The van der Waals surface area contributed by atoms with Crippen molar-refractivity contribution in [1.29, 1.82) is 0 Å². The lowest BCUT2D eigenvalue weighted by Crippen LogP contribution is -2.25. The zero-order chi connectivity index (χ0) is 19.1. The van der Waals surface area contributed by atoms with Gasteiger partial charge >= 0.3 is 0 Å². The summed E-state index contributed by atoms with van der Waals surface area (Å²) in [6.07, 6.45) is 8.07. The van der Waals surface area contributed by atoms with Crippen molar-refractivity contribution in [1.82, 2.24) is 5.32 Å². The Balaban J connectivity index is 1.51. The Morgan fingerprint density at radius 3 is 2.19 bits per heavy atom. The fourth-order valence-electron chi connectivity index (χ4n) is 3.18. The molecule has 2 aromatic carbocycles. The maximum atomic E-state index is 12.3. The van der Waals surface area contributed by atoms with Crippen molar-refractivity contribution >= 4 is 17.5 Å². The molecule has 2 amide bonds. The number of anilines is 1. The van der Waals surface area contributed by atoms with Crippen molar-refractivity contribution in [3.8, 4) is 0 Å². The number of carbonyl (C=O) groups excluding carboxylic acids is 2. The molecule has 0 saturated heterocycles. The van der Waals surface area contributed by atoms with E-state index in [0.717, 1.165) is 30.5 Å². The van der Waals surface area contributed by atoms with Crippen LogP contribution in [0.25, 0.3) is 0 Å². The van der Waals surface area contributed by atoms with Gasteiger partial charge in [-0.2, -0.15) is 0 Å². The summed E-state index contributed by atoms with van der Waals surface area (Å²) in [4.78, 5) is 24.6. The van der Waals surface area contributed by atoms with Crippen LogP contribution in [0.1, 0.15) is 58.4 Å². The van der Waals surface area contributed by atoms with Crippen molar-refractivity contribution in [2.24, 2.45) is 0 Å². The van der Waals surface area contributed by atoms with Crippen LogP contribution < -0.4 is 10.6 Å². The zero-order valence-electron chi connectivity index (χ0n) is 15.8. The summed E-state index contributed by atoms with van der Waals surface area (Å²) in [5, 5.41) is 5.82. The van der Waals surface area contributed by atoms with Crippen LogP contribution in [-0.2, 0) is 0 Å². The maximum Gasteiger partial charge on any atom is 0.255 e. The maximum absolute atomic E-state index is 12.3. The highest BCUT2D eigenvalue weighted by Crippen LogP contribution is 2.19. The average Bonchev–Trinajstić information content (AvgIpc) is 2.70. The number of amides is 2. The van der Waals surface area contributed by atoms with Gasteiger partial charge in [0.2, 0.25) is 0 Å². The first-order chi connectivity index (χ1) is 13.1. The molecule has 140 valence electrons. The molecule has 1 aliphatic rings. The largest absolute Gasteiger partial charge is 0.352 e. The summed E-state index contributed by atoms with van der Waals surface area (Å²) in [5.74, 6) is -0.285. The first-order valence-electron chi connectivity index (χ1n) is 9.56. The van der Waals surface area contributed by atoms with Crippen LogP contribution in [-0.4, -0.2) is 18.4 Å². The Morgan fingerprint density at radius 1 is 0.889 bits per heavy atom. The highest BCUT2D eigenvalue weighted by atomic mass is 16.2. The molecular weight excluding hydrogens is 336 g/mol. The van der Waals surface area contributed by atoms with E-state index in [1.165, 1.54) is 18.4 Å². The van der Waals surface area contributed by atoms with E-state index in [9.17, 15) is 9.59 Å². The number of carbonyl (C=O) groups is 2. The van der Waals surface area contributed by atoms with Crippen molar-refractivity contribution in [3.05, 3.63) is 76.9 Å². The van der Waals surface area contributed by atoms with Gasteiger partial charge in [0, 0.05) is 23.4 Å². The lowest BCUT2D eigenvalue weighted by Gasteiger charge is -2.13. The van der Waals surface area contributed by atoms with E-state index in [2.05, 4.69) is 16.7 Å². The molecule has 3 rings (SSSR count). The quantitative estimate of drug-likeness (QED) is 0.721. The minimum absolute atomic E-state index is 0.100. The van der Waals surface area contributed by atoms with E-state index in [4.69, 9.17) is 0 Å². The molecule has 2 aromatic rings. The number of hydrogen-bond donors (Lipinski definition) is 2. The van der Waals surface area contributed by atoms with Gasteiger partial charge in [0.1, 0.15) is 0 Å². The fourth-order valence-corrected chi connectivity index (χ4v) is 3.18. The minimum atomic E-state index is -0.185.